The molecule has 1 aromatic rings. The van der Waals surface area contributed by atoms with E-state index in [4.69, 9.17) is 15.2 Å². The maximum Gasteiger partial charge on any atom is 0.323 e. The van der Waals surface area contributed by atoms with E-state index in [9.17, 15) is 4.79 Å². The van der Waals surface area contributed by atoms with Gasteiger partial charge in [0.25, 0.3) is 0 Å². The molecule has 0 bridgehead atoms. The van der Waals surface area contributed by atoms with Crippen molar-refractivity contribution in [1.29, 1.82) is 0 Å². The van der Waals surface area contributed by atoms with E-state index in [0.29, 0.717) is 18.4 Å². The fraction of sp³-hybridized carbons (Fsp3) is 0.632. The second kappa shape index (κ2) is 8.92. The number of ether oxygens (including phenoxy) is 2. The van der Waals surface area contributed by atoms with E-state index in [1.54, 1.807) is 0 Å². The van der Waals surface area contributed by atoms with Gasteiger partial charge in [-0.05, 0) is 28.9 Å². The number of benzene rings is 1. The Balaban J connectivity index is 2.69. The molecule has 0 heterocycles. The predicted octanol–water partition coefficient (Wildman–Crippen LogP) is 3.84. The van der Waals surface area contributed by atoms with Crippen LogP contribution in [0.2, 0.25) is 0 Å². The third-order valence-corrected chi connectivity index (χ3v) is 3.88. The first-order valence-corrected chi connectivity index (χ1v) is 8.43. The zero-order chi connectivity index (χ0) is 17.6. The van der Waals surface area contributed by atoms with Crippen molar-refractivity contribution in [2.75, 3.05) is 13.2 Å². The third-order valence-electron chi connectivity index (χ3n) is 3.88. The predicted molar refractivity (Wildman–Crippen MR) is 93.9 cm³/mol. The molecule has 23 heavy (non-hydrogen) atoms. The Kier molecular flexibility index (Phi) is 7.56. The Bertz CT molecular complexity index is 483. The molecule has 0 aromatic heterocycles. The molecule has 1 rings (SSSR count). The Morgan fingerprint density at radius 3 is 1.96 bits per heavy atom. The minimum Gasteiger partial charge on any atom is -0.489 e. The average Bonchev–Trinajstić information content (AvgIpc) is 2.49. The van der Waals surface area contributed by atoms with Crippen LogP contribution in [-0.2, 0) is 9.53 Å². The molecule has 0 radical (unpaired) electrons. The van der Waals surface area contributed by atoms with Crippen molar-refractivity contribution in [2.24, 2.45) is 11.7 Å². The number of hydrogen-bond acceptors (Lipinski definition) is 4. The molecule has 4 heteroatoms. The first-order valence-electron chi connectivity index (χ1n) is 8.43. The number of nitrogens with two attached hydrogens (primary N) is 1. The minimum absolute atomic E-state index is 0.0672. The number of carbonyl (C=O) groups excluding carboxylic acids is 1. The van der Waals surface area contributed by atoms with E-state index in [0.717, 1.165) is 5.75 Å². The highest BCUT2D eigenvalue weighted by Gasteiger charge is 2.19. The summed E-state index contributed by atoms with van der Waals surface area (Å²) in [6.45, 7) is 12.9. The lowest BCUT2D eigenvalue weighted by atomic mass is 9.94. The van der Waals surface area contributed by atoms with Gasteiger partial charge in [-0.3, -0.25) is 4.79 Å². The van der Waals surface area contributed by atoms with Gasteiger partial charge in [0.2, 0.25) is 0 Å². The molecule has 130 valence electrons. The summed E-state index contributed by atoms with van der Waals surface area (Å²) in [7, 11) is 0. The Morgan fingerprint density at radius 1 is 1.00 bits per heavy atom. The van der Waals surface area contributed by atoms with Crippen LogP contribution < -0.4 is 10.5 Å². The fourth-order valence-electron chi connectivity index (χ4n) is 2.30. The third kappa shape index (κ3) is 5.54. The molecule has 1 aromatic carbocycles. The Morgan fingerprint density at radius 2 is 1.52 bits per heavy atom. The van der Waals surface area contributed by atoms with Crippen molar-refractivity contribution in [3.63, 3.8) is 0 Å². The van der Waals surface area contributed by atoms with Gasteiger partial charge in [-0.25, -0.2) is 0 Å². The van der Waals surface area contributed by atoms with Crippen LogP contribution in [0.5, 0.6) is 5.75 Å². The normalized spacial score (nSPS) is 12.8. The van der Waals surface area contributed by atoms with E-state index < -0.39 is 6.04 Å². The molecule has 0 amide bonds. The smallest absolute Gasteiger partial charge is 0.323 e. The first kappa shape index (κ1) is 19.5. The molecule has 0 aliphatic heterocycles. The summed E-state index contributed by atoms with van der Waals surface area (Å²) in [4.78, 5) is 11.7. The zero-order valence-electron chi connectivity index (χ0n) is 15.3. The molecule has 0 spiro atoms. The number of rotatable bonds is 8. The van der Waals surface area contributed by atoms with Gasteiger partial charge < -0.3 is 15.2 Å². The standard InChI is InChI=1S/C19H31NO3/c1-12(2)15-8-7-9-16(13(3)4)18(15)22-10-11-23-19(21)17(20)14(5)6/h7-9,12-14,17H,10-11,20H2,1-6H3/t17-/m0/s1. The topological polar surface area (TPSA) is 61.5 Å². The van der Waals surface area contributed by atoms with Crippen LogP contribution in [0.1, 0.15) is 64.5 Å². The second-order valence-corrected chi connectivity index (χ2v) is 6.86. The first-order chi connectivity index (χ1) is 10.8. The summed E-state index contributed by atoms with van der Waals surface area (Å²) in [5, 5.41) is 0. The summed E-state index contributed by atoms with van der Waals surface area (Å²) in [5.74, 6) is 1.37. The van der Waals surface area contributed by atoms with Crippen LogP contribution in [0, 0.1) is 5.92 Å². The van der Waals surface area contributed by atoms with Crippen LogP contribution >= 0.6 is 0 Å². The van der Waals surface area contributed by atoms with Crippen molar-refractivity contribution in [2.45, 2.75) is 59.4 Å². The van der Waals surface area contributed by atoms with E-state index in [1.165, 1.54) is 11.1 Å². The van der Waals surface area contributed by atoms with Gasteiger partial charge in [0.15, 0.2) is 0 Å². The highest BCUT2D eigenvalue weighted by Crippen LogP contribution is 2.34. The van der Waals surface area contributed by atoms with Crippen molar-refractivity contribution in [3.8, 4) is 5.75 Å². The molecular weight excluding hydrogens is 290 g/mol. The summed E-state index contributed by atoms with van der Waals surface area (Å²) >= 11 is 0. The Hall–Kier alpha value is -1.55. The van der Waals surface area contributed by atoms with Gasteiger partial charge in [0, 0.05) is 0 Å². The van der Waals surface area contributed by atoms with E-state index in [-0.39, 0.29) is 18.5 Å². The van der Waals surface area contributed by atoms with E-state index in [1.807, 2.05) is 13.8 Å². The highest BCUT2D eigenvalue weighted by atomic mass is 16.6. The number of hydrogen-bond donors (Lipinski definition) is 1. The summed E-state index contributed by atoms with van der Waals surface area (Å²) in [6.07, 6.45) is 0. The molecule has 4 nitrogen and oxygen atoms in total. The van der Waals surface area contributed by atoms with Crippen LogP contribution in [0.3, 0.4) is 0 Å². The largest absolute Gasteiger partial charge is 0.489 e. The lowest BCUT2D eigenvalue weighted by Gasteiger charge is -2.20. The summed E-state index contributed by atoms with van der Waals surface area (Å²) < 4.78 is 11.2. The van der Waals surface area contributed by atoms with E-state index in [2.05, 4.69) is 45.9 Å². The highest BCUT2D eigenvalue weighted by molar-refractivity contribution is 5.75. The number of carbonyl (C=O) groups is 1. The molecule has 0 saturated carbocycles. The molecule has 2 N–H and O–H groups in total. The van der Waals surface area contributed by atoms with Crippen LogP contribution in [-0.4, -0.2) is 25.2 Å². The molecule has 0 saturated heterocycles. The van der Waals surface area contributed by atoms with Crippen molar-refractivity contribution < 1.29 is 14.3 Å². The monoisotopic (exact) mass is 321 g/mol. The SMILES string of the molecule is CC(C)c1cccc(C(C)C)c1OCCOC(=O)[C@@H](N)C(C)C. The lowest BCUT2D eigenvalue weighted by molar-refractivity contribution is -0.147. The quantitative estimate of drug-likeness (QED) is 0.584. The summed E-state index contributed by atoms with van der Waals surface area (Å²) in [6, 6.07) is 5.67. The van der Waals surface area contributed by atoms with Crippen LogP contribution in [0.15, 0.2) is 18.2 Å². The summed E-state index contributed by atoms with van der Waals surface area (Å²) in [5.41, 5.74) is 8.13. The van der Waals surface area contributed by atoms with Gasteiger partial charge >= 0.3 is 5.97 Å². The minimum atomic E-state index is -0.579. The van der Waals surface area contributed by atoms with Gasteiger partial charge in [-0.2, -0.15) is 0 Å². The maximum atomic E-state index is 11.7. The molecule has 0 fully saturated rings. The molecule has 1 atom stereocenters. The van der Waals surface area contributed by atoms with Crippen molar-refractivity contribution in [1.82, 2.24) is 0 Å². The molecule has 0 unspecified atom stereocenters. The number of para-hydroxylation sites is 1. The number of esters is 1. The molecular formula is C19H31NO3. The van der Waals surface area contributed by atoms with Crippen LogP contribution in [0.4, 0.5) is 0 Å². The molecule has 0 aliphatic rings. The van der Waals surface area contributed by atoms with E-state index >= 15 is 0 Å². The van der Waals surface area contributed by atoms with Gasteiger partial charge in [-0.1, -0.05) is 59.7 Å². The average molecular weight is 321 g/mol. The fourth-order valence-corrected chi connectivity index (χ4v) is 2.30. The second-order valence-electron chi connectivity index (χ2n) is 6.86. The van der Waals surface area contributed by atoms with Crippen molar-refractivity contribution in [3.05, 3.63) is 29.3 Å². The van der Waals surface area contributed by atoms with Crippen LogP contribution in [0.25, 0.3) is 0 Å². The van der Waals surface area contributed by atoms with Crippen molar-refractivity contribution >= 4 is 5.97 Å². The van der Waals surface area contributed by atoms with Gasteiger partial charge in [0.05, 0.1) is 0 Å². The Labute approximate surface area is 140 Å². The van der Waals surface area contributed by atoms with Gasteiger partial charge in [-0.15, -0.1) is 0 Å². The lowest BCUT2D eigenvalue weighted by Crippen LogP contribution is -2.37. The zero-order valence-corrected chi connectivity index (χ0v) is 15.3. The molecule has 0 aliphatic carbocycles. The maximum absolute atomic E-state index is 11.7. The van der Waals surface area contributed by atoms with Gasteiger partial charge in [0.1, 0.15) is 25.0 Å².